The predicted molar refractivity (Wildman–Crippen MR) is 94.7 cm³/mol. The van der Waals surface area contributed by atoms with E-state index in [-0.39, 0.29) is 11.6 Å². The summed E-state index contributed by atoms with van der Waals surface area (Å²) in [7, 11) is 0.190. The maximum Gasteiger partial charge on any atom is 0.345 e. The van der Waals surface area contributed by atoms with E-state index in [2.05, 4.69) is 10.00 Å². The predicted octanol–water partition coefficient (Wildman–Crippen LogP) is -0.727. The molecule has 3 heterocycles. The van der Waals surface area contributed by atoms with Crippen LogP contribution in [0.5, 0.6) is 0 Å². The maximum atomic E-state index is 13.0. The number of aryl methyl sites for hydroxylation is 1. The van der Waals surface area contributed by atoms with Crippen LogP contribution in [0.3, 0.4) is 0 Å². The molecule has 0 amide bonds. The molecule has 0 N–H and O–H groups in total. The Balaban J connectivity index is 1.79. The van der Waals surface area contributed by atoms with E-state index < -0.39 is 10.2 Å². The molecule has 9 nitrogen and oxygen atoms in total. The molecule has 0 spiro atoms. The van der Waals surface area contributed by atoms with E-state index >= 15 is 0 Å². The van der Waals surface area contributed by atoms with Gasteiger partial charge in [-0.3, -0.25) is 4.57 Å². The summed E-state index contributed by atoms with van der Waals surface area (Å²) in [6, 6.07) is 0. The zero-order chi connectivity index (χ0) is 18.2. The number of piperidine rings is 1. The summed E-state index contributed by atoms with van der Waals surface area (Å²) < 4.78 is 32.1. The first-order chi connectivity index (χ1) is 11.8. The quantitative estimate of drug-likeness (QED) is 0.696. The molecule has 2 fully saturated rings. The number of hydrogen-bond donors (Lipinski definition) is 0. The Morgan fingerprint density at radius 2 is 1.76 bits per heavy atom. The van der Waals surface area contributed by atoms with Gasteiger partial charge in [-0.2, -0.15) is 22.1 Å². The van der Waals surface area contributed by atoms with Crippen LogP contribution in [0.2, 0.25) is 0 Å². The Bertz CT molecular complexity index is 763. The largest absolute Gasteiger partial charge is 0.345 e. The van der Waals surface area contributed by atoms with Crippen LogP contribution in [-0.4, -0.2) is 82.6 Å². The molecule has 1 aromatic rings. The molecule has 0 radical (unpaired) electrons. The van der Waals surface area contributed by atoms with Gasteiger partial charge in [-0.1, -0.05) is 0 Å². The van der Waals surface area contributed by atoms with Gasteiger partial charge in [-0.05, 0) is 26.8 Å². The van der Waals surface area contributed by atoms with Gasteiger partial charge in [-0.25, -0.2) is 9.48 Å². The molecule has 1 unspecified atom stereocenters. The van der Waals surface area contributed by atoms with E-state index in [1.165, 1.54) is 4.68 Å². The van der Waals surface area contributed by atoms with Gasteiger partial charge in [0.2, 0.25) is 0 Å². The number of nitrogens with zero attached hydrogens (tertiary/aromatic N) is 6. The summed E-state index contributed by atoms with van der Waals surface area (Å²) >= 11 is 0. The summed E-state index contributed by atoms with van der Waals surface area (Å²) in [5.74, 6) is 0.665. The number of piperazine rings is 1. The average Bonchev–Trinajstić information content (AvgIpc) is 2.90. The third-order valence-corrected chi connectivity index (χ3v) is 7.22. The van der Waals surface area contributed by atoms with Crippen LogP contribution in [0.25, 0.3) is 0 Å². The molecule has 0 saturated carbocycles. The van der Waals surface area contributed by atoms with E-state index in [0.717, 1.165) is 25.9 Å². The molecule has 2 aliphatic heterocycles. The van der Waals surface area contributed by atoms with Crippen molar-refractivity contribution >= 4 is 10.2 Å². The Morgan fingerprint density at radius 3 is 2.40 bits per heavy atom. The molecule has 0 aliphatic carbocycles. The zero-order valence-corrected chi connectivity index (χ0v) is 16.1. The lowest BCUT2D eigenvalue weighted by atomic mass is 9.99. The first-order valence-electron chi connectivity index (χ1n) is 8.92. The van der Waals surface area contributed by atoms with Crippen molar-refractivity contribution in [3.8, 4) is 0 Å². The highest BCUT2D eigenvalue weighted by atomic mass is 32.2. The minimum Gasteiger partial charge on any atom is -0.304 e. The van der Waals surface area contributed by atoms with Crippen molar-refractivity contribution in [3.63, 3.8) is 0 Å². The smallest absolute Gasteiger partial charge is 0.304 e. The highest BCUT2D eigenvalue weighted by Gasteiger charge is 2.36. The van der Waals surface area contributed by atoms with Crippen LogP contribution in [0.4, 0.5) is 0 Å². The second kappa shape index (κ2) is 7.18. The highest BCUT2D eigenvalue weighted by Crippen LogP contribution is 2.28. The van der Waals surface area contributed by atoms with Gasteiger partial charge in [0.15, 0.2) is 0 Å². The summed E-state index contributed by atoms with van der Waals surface area (Å²) in [6.45, 7) is 5.96. The van der Waals surface area contributed by atoms with Crippen molar-refractivity contribution in [1.82, 2.24) is 27.9 Å². The van der Waals surface area contributed by atoms with Crippen molar-refractivity contribution < 1.29 is 8.42 Å². The van der Waals surface area contributed by atoms with Gasteiger partial charge >= 0.3 is 5.69 Å². The zero-order valence-electron chi connectivity index (χ0n) is 15.3. The minimum atomic E-state index is -3.45. The maximum absolute atomic E-state index is 13.0. The van der Waals surface area contributed by atoms with Crippen molar-refractivity contribution in [2.45, 2.75) is 32.2 Å². The fourth-order valence-electron chi connectivity index (χ4n) is 3.67. The van der Waals surface area contributed by atoms with Crippen LogP contribution in [-0.2, 0) is 23.8 Å². The van der Waals surface area contributed by atoms with Crippen molar-refractivity contribution in [1.29, 1.82) is 0 Å². The normalized spacial score (nSPS) is 24.7. The molecule has 0 bridgehead atoms. The number of rotatable bonds is 4. The Kier molecular flexibility index (Phi) is 5.33. The van der Waals surface area contributed by atoms with Gasteiger partial charge in [0.1, 0.15) is 5.82 Å². The van der Waals surface area contributed by atoms with Gasteiger partial charge in [0.25, 0.3) is 10.2 Å². The average molecular weight is 372 g/mol. The van der Waals surface area contributed by atoms with E-state index in [9.17, 15) is 13.2 Å². The lowest BCUT2D eigenvalue weighted by Crippen LogP contribution is -2.53. The molecule has 2 aliphatic rings. The Hall–Kier alpha value is -1.23. The SMILES string of the molecule is CCn1c(C2CCCN(S(=O)(=O)N3CCN(C)CC3)C2)nn(C)c1=O. The molecule has 1 aromatic heterocycles. The third kappa shape index (κ3) is 3.53. The summed E-state index contributed by atoms with van der Waals surface area (Å²) in [4.78, 5) is 14.3. The summed E-state index contributed by atoms with van der Waals surface area (Å²) in [5, 5.41) is 4.37. The van der Waals surface area contributed by atoms with E-state index in [0.29, 0.717) is 38.5 Å². The van der Waals surface area contributed by atoms with E-state index in [4.69, 9.17) is 0 Å². The Morgan fingerprint density at radius 1 is 1.08 bits per heavy atom. The topological polar surface area (TPSA) is 83.7 Å². The number of likely N-dealkylation sites (N-methyl/N-ethyl adjacent to an activating group) is 1. The molecular weight excluding hydrogens is 344 g/mol. The van der Waals surface area contributed by atoms with E-state index in [1.807, 2.05) is 14.0 Å². The molecule has 142 valence electrons. The first-order valence-corrected chi connectivity index (χ1v) is 10.3. The molecule has 3 rings (SSSR count). The van der Waals surface area contributed by atoms with Gasteiger partial charge in [0.05, 0.1) is 0 Å². The van der Waals surface area contributed by atoms with Crippen LogP contribution < -0.4 is 5.69 Å². The monoisotopic (exact) mass is 372 g/mol. The minimum absolute atomic E-state index is 0.0372. The van der Waals surface area contributed by atoms with Crippen molar-refractivity contribution in [3.05, 3.63) is 16.3 Å². The Labute approximate surface area is 149 Å². The van der Waals surface area contributed by atoms with Crippen molar-refractivity contribution in [2.24, 2.45) is 7.05 Å². The van der Waals surface area contributed by atoms with Crippen LogP contribution in [0.1, 0.15) is 31.5 Å². The van der Waals surface area contributed by atoms with Crippen LogP contribution in [0, 0.1) is 0 Å². The summed E-state index contributed by atoms with van der Waals surface area (Å²) in [6.07, 6.45) is 1.64. The third-order valence-electron chi connectivity index (χ3n) is 5.22. The number of hydrogen-bond acceptors (Lipinski definition) is 5. The second-order valence-electron chi connectivity index (χ2n) is 6.92. The van der Waals surface area contributed by atoms with Gasteiger partial charge in [0, 0.05) is 58.8 Å². The van der Waals surface area contributed by atoms with Gasteiger partial charge < -0.3 is 4.90 Å². The molecular formula is C15H28N6O3S. The fourth-order valence-corrected chi connectivity index (χ4v) is 5.35. The summed E-state index contributed by atoms with van der Waals surface area (Å²) in [5.41, 5.74) is -0.142. The lowest BCUT2D eigenvalue weighted by Gasteiger charge is -2.38. The molecule has 2 saturated heterocycles. The van der Waals surface area contributed by atoms with Gasteiger partial charge in [-0.15, -0.1) is 0 Å². The molecule has 0 aromatic carbocycles. The first kappa shape index (κ1) is 18.6. The fraction of sp³-hybridized carbons (Fsp3) is 0.867. The second-order valence-corrected chi connectivity index (χ2v) is 8.84. The molecule has 25 heavy (non-hydrogen) atoms. The molecule has 1 atom stereocenters. The van der Waals surface area contributed by atoms with Crippen LogP contribution in [0.15, 0.2) is 4.79 Å². The van der Waals surface area contributed by atoms with E-state index in [1.54, 1.807) is 20.2 Å². The van der Waals surface area contributed by atoms with Crippen LogP contribution >= 0.6 is 0 Å². The number of aromatic nitrogens is 3. The highest BCUT2D eigenvalue weighted by molar-refractivity contribution is 7.86. The van der Waals surface area contributed by atoms with Crippen molar-refractivity contribution in [2.75, 3.05) is 46.3 Å². The lowest BCUT2D eigenvalue weighted by molar-refractivity contribution is 0.204. The molecule has 10 heteroatoms. The standard InChI is InChI=1S/C15H28N6O3S/c1-4-21-14(16-18(3)15(21)22)13-6-5-7-20(12-13)25(23,24)19-10-8-17(2)9-11-19/h13H,4-12H2,1-3H3.